The van der Waals surface area contributed by atoms with Crippen molar-refractivity contribution in [3.8, 4) is 0 Å². The van der Waals surface area contributed by atoms with Gasteiger partial charge in [0.25, 0.3) is 0 Å². The summed E-state index contributed by atoms with van der Waals surface area (Å²) in [6.07, 6.45) is 3.75. The van der Waals surface area contributed by atoms with Crippen LogP contribution in [0.15, 0.2) is 18.2 Å². The van der Waals surface area contributed by atoms with Gasteiger partial charge in [-0.2, -0.15) is 0 Å². The zero-order valence-corrected chi connectivity index (χ0v) is 17.2. The monoisotopic (exact) mass is 371 g/mol. The molecule has 0 bridgehead atoms. The van der Waals surface area contributed by atoms with Crippen molar-refractivity contribution in [1.82, 2.24) is 9.80 Å². The average Bonchev–Trinajstić information content (AvgIpc) is 2.66. The van der Waals surface area contributed by atoms with Crippen LogP contribution in [0.3, 0.4) is 0 Å². The zero-order chi connectivity index (χ0) is 19.6. The van der Waals surface area contributed by atoms with E-state index >= 15 is 0 Å². The van der Waals surface area contributed by atoms with Crippen LogP contribution in [0.2, 0.25) is 0 Å². The lowest BCUT2D eigenvalue weighted by molar-refractivity contribution is -0.140. The van der Waals surface area contributed by atoms with E-state index in [0.29, 0.717) is 19.6 Å². The Morgan fingerprint density at radius 1 is 1.19 bits per heavy atom. The average molecular weight is 372 g/mol. The second-order valence-electron chi connectivity index (χ2n) is 8.36. The number of aryl methyl sites for hydroxylation is 2. The van der Waals surface area contributed by atoms with Gasteiger partial charge in [-0.15, -0.1) is 0 Å². The highest BCUT2D eigenvalue weighted by Crippen LogP contribution is 2.28. The second-order valence-corrected chi connectivity index (χ2v) is 8.36. The molecule has 1 fully saturated rings. The van der Waals surface area contributed by atoms with E-state index in [1.807, 2.05) is 30.7 Å². The van der Waals surface area contributed by atoms with Gasteiger partial charge >= 0.3 is 0 Å². The second kappa shape index (κ2) is 8.32. The molecule has 0 aliphatic carbocycles. The Labute approximate surface area is 163 Å². The molecule has 5 heteroatoms. The van der Waals surface area contributed by atoms with Gasteiger partial charge in [-0.05, 0) is 58.1 Å². The van der Waals surface area contributed by atoms with Crippen molar-refractivity contribution in [3.63, 3.8) is 0 Å². The summed E-state index contributed by atoms with van der Waals surface area (Å²) in [5.74, 6) is 0.462. The third-order valence-corrected chi connectivity index (χ3v) is 6.10. The third kappa shape index (κ3) is 4.45. The lowest BCUT2D eigenvalue weighted by atomic mass is 9.94. The van der Waals surface area contributed by atoms with Gasteiger partial charge in [-0.25, -0.2) is 0 Å². The maximum absolute atomic E-state index is 12.9. The van der Waals surface area contributed by atoms with Crippen LogP contribution in [-0.4, -0.2) is 60.9 Å². The highest BCUT2D eigenvalue weighted by molar-refractivity contribution is 5.83. The molecule has 0 N–H and O–H groups in total. The molecule has 1 aromatic carbocycles. The smallest absolute Gasteiger partial charge is 0.242 e. The molecule has 0 saturated carbocycles. The lowest BCUT2D eigenvalue weighted by Crippen LogP contribution is -2.48. The first kappa shape index (κ1) is 19.7. The van der Waals surface area contributed by atoms with Crippen molar-refractivity contribution in [2.75, 3.05) is 38.1 Å². The normalized spacial score (nSPS) is 17.8. The van der Waals surface area contributed by atoms with E-state index in [0.717, 1.165) is 32.2 Å². The number of rotatable bonds is 4. The fourth-order valence-corrected chi connectivity index (χ4v) is 4.15. The van der Waals surface area contributed by atoms with Crippen molar-refractivity contribution in [1.29, 1.82) is 0 Å². The topological polar surface area (TPSA) is 43.9 Å². The minimum atomic E-state index is 0.0557. The van der Waals surface area contributed by atoms with Gasteiger partial charge in [0.15, 0.2) is 0 Å². The lowest BCUT2D eigenvalue weighted by Gasteiger charge is -2.36. The summed E-state index contributed by atoms with van der Waals surface area (Å²) in [4.78, 5) is 31.4. The molecule has 0 atom stereocenters. The van der Waals surface area contributed by atoms with Crippen LogP contribution in [-0.2, 0) is 16.0 Å². The zero-order valence-electron chi connectivity index (χ0n) is 17.2. The van der Waals surface area contributed by atoms with E-state index in [1.165, 1.54) is 16.8 Å². The van der Waals surface area contributed by atoms with Crippen LogP contribution in [0, 0.1) is 12.8 Å². The molecular formula is C22H33N3O2. The minimum absolute atomic E-state index is 0.0557. The van der Waals surface area contributed by atoms with Crippen LogP contribution in [0.25, 0.3) is 0 Å². The van der Waals surface area contributed by atoms with E-state index < -0.39 is 0 Å². The summed E-state index contributed by atoms with van der Waals surface area (Å²) in [6.45, 7) is 8.96. The number of hydrogen-bond donors (Lipinski definition) is 0. The molecule has 5 nitrogen and oxygen atoms in total. The van der Waals surface area contributed by atoms with Crippen molar-refractivity contribution in [2.45, 2.75) is 52.5 Å². The molecule has 27 heavy (non-hydrogen) atoms. The number of hydrogen-bond acceptors (Lipinski definition) is 3. The number of nitrogens with zero attached hydrogens (tertiary/aromatic N) is 3. The fraction of sp³-hybridized carbons (Fsp3) is 0.636. The molecular weight excluding hydrogens is 338 g/mol. The molecule has 1 aromatic rings. The van der Waals surface area contributed by atoms with Crippen LogP contribution in [0.4, 0.5) is 5.69 Å². The Morgan fingerprint density at radius 3 is 2.56 bits per heavy atom. The third-order valence-electron chi connectivity index (χ3n) is 6.10. The summed E-state index contributed by atoms with van der Waals surface area (Å²) in [5.41, 5.74) is 3.85. The number of piperidine rings is 1. The number of benzene rings is 1. The predicted molar refractivity (Wildman–Crippen MR) is 109 cm³/mol. The SMILES string of the molecule is Cc1ccc2c(c1)CCCN2CC(=O)N1CCC(C(=O)N(C)C(C)C)CC1. The quantitative estimate of drug-likeness (QED) is 0.817. The summed E-state index contributed by atoms with van der Waals surface area (Å²) < 4.78 is 0. The molecule has 2 amide bonds. The van der Waals surface area contributed by atoms with Crippen LogP contribution in [0.1, 0.15) is 44.2 Å². The Hall–Kier alpha value is -2.04. The summed E-state index contributed by atoms with van der Waals surface area (Å²) in [5, 5.41) is 0. The van der Waals surface area contributed by atoms with E-state index in [-0.39, 0.29) is 23.8 Å². The van der Waals surface area contributed by atoms with Gasteiger partial charge in [-0.3, -0.25) is 9.59 Å². The molecule has 2 heterocycles. The van der Waals surface area contributed by atoms with Crippen LogP contribution < -0.4 is 4.90 Å². The van der Waals surface area contributed by atoms with E-state index in [2.05, 4.69) is 30.0 Å². The number of amides is 2. The highest BCUT2D eigenvalue weighted by Gasteiger charge is 2.30. The number of carbonyl (C=O) groups is 2. The summed E-state index contributed by atoms with van der Waals surface area (Å²) in [6, 6.07) is 6.75. The van der Waals surface area contributed by atoms with E-state index in [9.17, 15) is 9.59 Å². The molecule has 2 aliphatic rings. The van der Waals surface area contributed by atoms with Gasteiger partial charge in [0, 0.05) is 44.3 Å². The van der Waals surface area contributed by atoms with Crippen LogP contribution >= 0.6 is 0 Å². The maximum atomic E-state index is 12.9. The molecule has 0 unspecified atom stereocenters. The van der Waals surface area contributed by atoms with Gasteiger partial charge in [0.2, 0.25) is 11.8 Å². The first-order valence-electron chi connectivity index (χ1n) is 10.3. The molecule has 2 aliphatic heterocycles. The maximum Gasteiger partial charge on any atom is 0.242 e. The van der Waals surface area contributed by atoms with Crippen LogP contribution in [0.5, 0.6) is 0 Å². The number of likely N-dealkylation sites (tertiary alicyclic amines) is 1. The van der Waals surface area contributed by atoms with Gasteiger partial charge in [-0.1, -0.05) is 17.7 Å². The van der Waals surface area contributed by atoms with E-state index in [4.69, 9.17) is 0 Å². The van der Waals surface area contributed by atoms with Gasteiger partial charge < -0.3 is 14.7 Å². The van der Waals surface area contributed by atoms with Gasteiger partial charge in [0.1, 0.15) is 0 Å². The van der Waals surface area contributed by atoms with Crippen molar-refractivity contribution < 1.29 is 9.59 Å². The first-order valence-corrected chi connectivity index (χ1v) is 10.3. The van der Waals surface area contributed by atoms with Crippen molar-refractivity contribution >= 4 is 17.5 Å². The van der Waals surface area contributed by atoms with Crippen molar-refractivity contribution in [2.24, 2.45) is 5.92 Å². The Balaban J connectivity index is 1.56. The van der Waals surface area contributed by atoms with Gasteiger partial charge in [0.05, 0.1) is 6.54 Å². The molecule has 0 aromatic heterocycles. The molecule has 1 saturated heterocycles. The Morgan fingerprint density at radius 2 is 1.89 bits per heavy atom. The fourth-order valence-electron chi connectivity index (χ4n) is 4.15. The highest BCUT2D eigenvalue weighted by atomic mass is 16.2. The molecule has 148 valence electrons. The summed E-state index contributed by atoms with van der Waals surface area (Å²) >= 11 is 0. The first-order chi connectivity index (χ1) is 12.9. The number of fused-ring (bicyclic) bond motifs is 1. The summed E-state index contributed by atoms with van der Waals surface area (Å²) in [7, 11) is 1.88. The van der Waals surface area contributed by atoms with Crippen molar-refractivity contribution in [3.05, 3.63) is 29.3 Å². The Bertz CT molecular complexity index is 693. The van der Waals surface area contributed by atoms with E-state index in [1.54, 1.807) is 0 Å². The number of anilines is 1. The molecule has 0 radical (unpaired) electrons. The minimum Gasteiger partial charge on any atom is -0.362 e. The predicted octanol–water partition coefficient (Wildman–Crippen LogP) is 2.85. The largest absolute Gasteiger partial charge is 0.362 e. The molecule has 0 spiro atoms. The number of carbonyl (C=O) groups excluding carboxylic acids is 2. The molecule has 3 rings (SSSR count). The standard InChI is InChI=1S/C22H33N3O2/c1-16(2)23(4)22(27)18-9-12-24(13-10-18)21(26)15-25-11-5-6-19-14-17(3)7-8-20(19)25/h7-8,14,16,18H,5-6,9-13,15H2,1-4H3. The Kier molecular flexibility index (Phi) is 6.08.